The van der Waals surface area contributed by atoms with Gasteiger partial charge in [0, 0.05) is 25.0 Å². The lowest BCUT2D eigenvalue weighted by Crippen LogP contribution is -2.32. The average molecular weight is 362 g/mol. The van der Waals surface area contributed by atoms with Crippen molar-refractivity contribution in [2.75, 3.05) is 25.5 Å². The highest BCUT2D eigenvalue weighted by Gasteiger charge is 2.14. The van der Waals surface area contributed by atoms with E-state index in [1.165, 1.54) is 0 Å². The smallest absolute Gasteiger partial charge is 0.255 e. The van der Waals surface area contributed by atoms with Gasteiger partial charge in [-0.3, -0.25) is 4.79 Å². The number of nitrogens with one attached hydrogen (secondary N) is 1. The highest BCUT2D eigenvalue weighted by Crippen LogP contribution is 2.28. The lowest BCUT2D eigenvalue weighted by atomic mass is 10.2. The first-order valence-corrected chi connectivity index (χ1v) is 8.82. The molecule has 0 saturated carbocycles. The number of anilines is 2. The van der Waals surface area contributed by atoms with Crippen LogP contribution in [0.25, 0.3) is 0 Å². The van der Waals surface area contributed by atoms with Crippen molar-refractivity contribution in [3.63, 3.8) is 0 Å². The number of nitrogens with zero attached hydrogens (tertiary/aromatic N) is 2. The molecule has 1 amide bonds. The van der Waals surface area contributed by atoms with Gasteiger partial charge in [0.15, 0.2) is 0 Å². The van der Waals surface area contributed by atoms with E-state index in [1.807, 2.05) is 11.0 Å². The maximum Gasteiger partial charge on any atom is 0.255 e. The third-order valence-electron chi connectivity index (χ3n) is 3.71. The molecular weight excluding hydrogens is 338 g/mol. The maximum atomic E-state index is 12.5. The molecule has 6 heteroatoms. The van der Waals surface area contributed by atoms with Crippen LogP contribution < -0.4 is 10.1 Å². The Kier molecular flexibility index (Phi) is 7.07. The molecule has 2 rings (SSSR count). The summed E-state index contributed by atoms with van der Waals surface area (Å²) < 4.78 is 5.14. The summed E-state index contributed by atoms with van der Waals surface area (Å²) in [4.78, 5) is 18.7. The molecule has 25 heavy (non-hydrogen) atoms. The molecule has 1 heterocycles. The van der Waals surface area contributed by atoms with Crippen molar-refractivity contribution in [2.24, 2.45) is 0 Å². The number of pyridine rings is 1. The van der Waals surface area contributed by atoms with Crippen LogP contribution in [-0.2, 0) is 0 Å². The van der Waals surface area contributed by atoms with Gasteiger partial charge in [-0.05, 0) is 43.2 Å². The van der Waals surface area contributed by atoms with E-state index < -0.39 is 0 Å². The van der Waals surface area contributed by atoms with Crippen LogP contribution in [0.1, 0.15) is 37.0 Å². The van der Waals surface area contributed by atoms with Crippen molar-refractivity contribution in [3.8, 4) is 5.75 Å². The standard InChI is InChI=1S/C19H24ClN3O2/c1-4-10-23(11-5-2)19(24)14-6-9-18(21-13-14)22-15-7-8-17(25-3)16(20)12-15/h6-9,12-13H,4-5,10-11H2,1-3H3,(H,21,22). The summed E-state index contributed by atoms with van der Waals surface area (Å²) in [6.07, 6.45) is 3.49. The van der Waals surface area contributed by atoms with E-state index in [9.17, 15) is 4.79 Å². The third-order valence-corrected chi connectivity index (χ3v) is 4.00. The number of hydrogen-bond acceptors (Lipinski definition) is 4. The van der Waals surface area contributed by atoms with Crippen LogP contribution in [0.15, 0.2) is 36.5 Å². The van der Waals surface area contributed by atoms with E-state index in [-0.39, 0.29) is 5.91 Å². The fourth-order valence-corrected chi connectivity index (χ4v) is 2.78. The van der Waals surface area contributed by atoms with E-state index in [2.05, 4.69) is 24.1 Å². The van der Waals surface area contributed by atoms with Crippen LogP contribution in [0, 0.1) is 0 Å². The maximum absolute atomic E-state index is 12.5. The zero-order chi connectivity index (χ0) is 18.2. The summed E-state index contributed by atoms with van der Waals surface area (Å²) in [6, 6.07) is 9.00. The lowest BCUT2D eigenvalue weighted by Gasteiger charge is -2.21. The second kappa shape index (κ2) is 9.28. The topological polar surface area (TPSA) is 54.5 Å². The number of carbonyl (C=O) groups is 1. The Hall–Kier alpha value is -2.27. The molecule has 0 saturated heterocycles. The number of methoxy groups -OCH3 is 1. The molecule has 0 unspecified atom stereocenters. The Morgan fingerprint density at radius 1 is 1.20 bits per heavy atom. The minimum Gasteiger partial charge on any atom is -0.495 e. The third kappa shape index (κ3) is 5.10. The summed E-state index contributed by atoms with van der Waals surface area (Å²) in [6.45, 7) is 5.66. The molecule has 0 aliphatic carbocycles. The quantitative estimate of drug-likeness (QED) is 0.737. The summed E-state index contributed by atoms with van der Waals surface area (Å²) in [5.41, 5.74) is 1.40. The first kappa shape index (κ1) is 19.1. The second-order valence-corrected chi connectivity index (χ2v) is 6.11. The Morgan fingerprint density at radius 3 is 2.44 bits per heavy atom. The van der Waals surface area contributed by atoms with Gasteiger partial charge in [-0.15, -0.1) is 0 Å². The lowest BCUT2D eigenvalue weighted by molar-refractivity contribution is 0.0755. The summed E-state index contributed by atoms with van der Waals surface area (Å²) >= 11 is 6.12. The second-order valence-electron chi connectivity index (χ2n) is 5.70. The number of benzene rings is 1. The molecule has 0 radical (unpaired) electrons. The highest BCUT2D eigenvalue weighted by atomic mass is 35.5. The zero-order valence-corrected chi connectivity index (χ0v) is 15.6. The van der Waals surface area contributed by atoms with Crippen LogP contribution >= 0.6 is 11.6 Å². The van der Waals surface area contributed by atoms with Gasteiger partial charge in [-0.1, -0.05) is 25.4 Å². The Bertz CT molecular complexity index is 698. The highest BCUT2D eigenvalue weighted by molar-refractivity contribution is 6.32. The summed E-state index contributed by atoms with van der Waals surface area (Å²) in [5, 5.41) is 3.69. The molecule has 1 aromatic heterocycles. The van der Waals surface area contributed by atoms with Gasteiger partial charge >= 0.3 is 0 Å². The van der Waals surface area contributed by atoms with Gasteiger partial charge in [0.05, 0.1) is 17.7 Å². The predicted molar refractivity (Wildman–Crippen MR) is 102 cm³/mol. The Balaban J connectivity index is 2.08. The number of rotatable bonds is 8. The monoisotopic (exact) mass is 361 g/mol. The van der Waals surface area contributed by atoms with Crippen LogP contribution in [0.4, 0.5) is 11.5 Å². The molecule has 0 spiro atoms. The van der Waals surface area contributed by atoms with Crippen LogP contribution in [-0.4, -0.2) is 36.0 Å². The molecule has 0 fully saturated rings. The fraction of sp³-hybridized carbons (Fsp3) is 0.368. The molecule has 1 aromatic carbocycles. The number of hydrogen-bond donors (Lipinski definition) is 1. The summed E-state index contributed by atoms with van der Waals surface area (Å²) in [5.74, 6) is 1.29. The normalized spacial score (nSPS) is 10.4. The van der Waals surface area contributed by atoms with Crippen molar-refractivity contribution in [1.82, 2.24) is 9.88 Å². The largest absolute Gasteiger partial charge is 0.495 e. The SMILES string of the molecule is CCCN(CCC)C(=O)c1ccc(Nc2ccc(OC)c(Cl)c2)nc1. The van der Waals surface area contributed by atoms with E-state index in [1.54, 1.807) is 37.6 Å². The van der Waals surface area contributed by atoms with Crippen molar-refractivity contribution in [1.29, 1.82) is 0 Å². The first-order chi connectivity index (χ1) is 12.1. The van der Waals surface area contributed by atoms with Gasteiger partial charge in [-0.2, -0.15) is 0 Å². The first-order valence-electron chi connectivity index (χ1n) is 8.44. The minimum absolute atomic E-state index is 0.0234. The van der Waals surface area contributed by atoms with Crippen LogP contribution in [0.3, 0.4) is 0 Å². The number of aromatic nitrogens is 1. The molecule has 134 valence electrons. The fourth-order valence-electron chi connectivity index (χ4n) is 2.52. The van der Waals surface area contributed by atoms with Crippen molar-refractivity contribution in [3.05, 3.63) is 47.1 Å². The zero-order valence-electron chi connectivity index (χ0n) is 14.9. The van der Waals surface area contributed by atoms with Crippen molar-refractivity contribution < 1.29 is 9.53 Å². The Morgan fingerprint density at radius 2 is 1.92 bits per heavy atom. The molecule has 1 N–H and O–H groups in total. The van der Waals surface area contributed by atoms with Gasteiger partial charge in [0.2, 0.25) is 0 Å². The number of carbonyl (C=O) groups excluding carboxylic acids is 1. The van der Waals surface area contributed by atoms with Crippen LogP contribution in [0.5, 0.6) is 5.75 Å². The number of ether oxygens (including phenoxy) is 1. The van der Waals surface area contributed by atoms with Gasteiger partial charge in [0.25, 0.3) is 5.91 Å². The van der Waals surface area contributed by atoms with Crippen molar-refractivity contribution >= 4 is 29.0 Å². The molecular formula is C19H24ClN3O2. The molecule has 0 bridgehead atoms. The number of halogens is 1. The van der Waals surface area contributed by atoms with Gasteiger partial charge < -0.3 is 15.0 Å². The Labute approximate surface area is 154 Å². The molecule has 5 nitrogen and oxygen atoms in total. The van der Waals surface area contributed by atoms with E-state index in [4.69, 9.17) is 16.3 Å². The molecule has 2 aromatic rings. The molecule has 0 aliphatic heterocycles. The minimum atomic E-state index is 0.0234. The van der Waals surface area contributed by atoms with E-state index >= 15 is 0 Å². The van der Waals surface area contributed by atoms with Gasteiger partial charge in [0.1, 0.15) is 11.6 Å². The predicted octanol–water partition coefficient (Wildman–Crippen LogP) is 4.75. The summed E-state index contributed by atoms with van der Waals surface area (Å²) in [7, 11) is 1.58. The molecule has 0 aliphatic rings. The average Bonchev–Trinajstić information content (AvgIpc) is 2.62. The van der Waals surface area contributed by atoms with E-state index in [0.717, 1.165) is 31.6 Å². The van der Waals surface area contributed by atoms with Gasteiger partial charge in [-0.25, -0.2) is 4.98 Å². The van der Waals surface area contributed by atoms with E-state index in [0.29, 0.717) is 22.2 Å². The molecule has 0 atom stereocenters. The number of amides is 1. The van der Waals surface area contributed by atoms with Crippen LogP contribution in [0.2, 0.25) is 5.02 Å². The van der Waals surface area contributed by atoms with Crippen molar-refractivity contribution in [2.45, 2.75) is 26.7 Å².